The minimum Gasteiger partial charge on any atom is -0.359 e. The lowest BCUT2D eigenvalue weighted by atomic mass is 9.73. The van der Waals surface area contributed by atoms with E-state index in [4.69, 9.17) is 0 Å². The number of hydrogen-bond acceptors (Lipinski definition) is 1. The third kappa shape index (κ3) is 2.50. The van der Waals surface area contributed by atoms with Crippen molar-refractivity contribution >= 4 is 5.91 Å². The van der Waals surface area contributed by atoms with Crippen LogP contribution in [0.4, 0.5) is 0 Å². The van der Waals surface area contributed by atoms with Gasteiger partial charge in [-0.3, -0.25) is 4.79 Å². The van der Waals surface area contributed by atoms with E-state index in [1.807, 2.05) is 0 Å². The fourth-order valence-electron chi connectivity index (χ4n) is 2.06. The summed E-state index contributed by atoms with van der Waals surface area (Å²) in [7, 11) is 1.72. The average Bonchev–Trinajstić information content (AvgIpc) is 2.05. The van der Waals surface area contributed by atoms with Gasteiger partial charge in [0.2, 0.25) is 5.91 Å². The van der Waals surface area contributed by atoms with Gasteiger partial charge in [0.05, 0.1) is 0 Å². The number of carbonyl (C=O) groups is 1. The fraction of sp³-hybridized carbons (Fsp3) is 0.900. The first-order valence-corrected chi connectivity index (χ1v) is 4.87. The second-order valence-electron chi connectivity index (χ2n) is 4.22. The summed E-state index contributed by atoms with van der Waals surface area (Å²) in [6.45, 7) is 2.24. The van der Waals surface area contributed by atoms with Crippen LogP contribution in [0.15, 0.2) is 0 Å². The van der Waals surface area contributed by atoms with E-state index in [0.29, 0.717) is 11.8 Å². The van der Waals surface area contributed by atoms with Gasteiger partial charge in [-0.05, 0) is 18.3 Å². The smallest absolute Gasteiger partial charge is 0.220 e. The second-order valence-corrected chi connectivity index (χ2v) is 4.22. The molecule has 0 aromatic rings. The minimum absolute atomic E-state index is 0.194. The lowest BCUT2D eigenvalue weighted by Gasteiger charge is -2.32. The van der Waals surface area contributed by atoms with Crippen molar-refractivity contribution in [1.82, 2.24) is 5.32 Å². The molecule has 0 aliphatic heterocycles. The Morgan fingerprint density at radius 3 is 2.42 bits per heavy atom. The van der Waals surface area contributed by atoms with Crippen LogP contribution < -0.4 is 5.32 Å². The first-order valence-electron chi connectivity index (χ1n) is 4.87. The zero-order chi connectivity index (χ0) is 9.03. The van der Waals surface area contributed by atoms with Gasteiger partial charge in [-0.2, -0.15) is 0 Å². The molecule has 1 saturated carbocycles. The van der Waals surface area contributed by atoms with Crippen LogP contribution in [-0.2, 0) is 4.79 Å². The van der Waals surface area contributed by atoms with Crippen LogP contribution in [0, 0.1) is 5.41 Å². The maximum atomic E-state index is 11.2. The third-order valence-corrected chi connectivity index (χ3v) is 2.93. The van der Waals surface area contributed by atoms with Crippen LogP contribution in [0.25, 0.3) is 0 Å². The van der Waals surface area contributed by atoms with Crippen molar-refractivity contribution in [2.45, 2.75) is 45.4 Å². The first-order chi connectivity index (χ1) is 5.66. The molecule has 1 aliphatic carbocycles. The Balaban J connectivity index is 2.41. The van der Waals surface area contributed by atoms with E-state index in [0.717, 1.165) is 0 Å². The maximum absolute atomic E-state index is 11.2. The van der Waals surface area contributed by atoms with Crippen molar-refractivity contribution in [2.75, 3.05) is 7.05 Å². The monoisotopic (exact) mass is 169 g/mol. The Morgan fingerprint density at radius 2 is 1.92 bits per heavy atom. The van der Waals surface area contributed by atoms with E-state index >= 15 is 0 Å². The summed E-state index contributed by atoms with van der Waals surface area (Å²) >= 11 is 0. The lowest BCUT2D eigenvalue weighted by Crippen LogP contribution is -2.29. The molecule has 0 unspecified atom stereocenters. The molecule has 0 radical (unpaired) electrons. The summed E-state index contributed by atoms with van der Waals surface area (Å²) in [4.78, 5) is 11.2. The number of carbonyl (C=O) groups excluding carboxylic acids is 1. The highest BCUT2D eigenvalue weighted by Gasteiger charge is 2.28. The predicted octanol–water partition coefficient (Wildman–Crippen LogP) is 2.09. The van der Waals surface area contributed by atoms with Gasteiger partial charge in [0.1, 0.15) is 0 Å². The Hall–Kier alpha value is -0.530. The Bertz CT molecular complexity index is 159. The summed E-state index contributed by atoms with van der Waals surface area (Å²) in [6.07, 6.45) is 7.11. The zero-order valence-corrected chi connectivity index (χ0v) is 8.15. The number of rotatable bonds is 2. The van der Waals surface area contributed by atoms with Crippen molar-refractivity contribution in [2.24, 2.45) is 5.41 Å². The fourth-order valence-corrected chi connectivity index (χ4v) is 2.06. The Kier molecular flexibility index (Phi) is 3.12. The molecular weight excluding hydrogens is 150 g/mol. The van der Waals surface area contributed by atoms with Crippen LogP contribution in [0.1, 0.15) is 45.4 Å². The molecule has 2 nitrogen and oxygen atoms in total. The van der Waals surface area contributed by atoms with Gasteiger partial charge in [0.25, 0.3) is 0 Å². The molecule has 12 heavy (non-hydrogen) atoms. The summed E-state index contributed by atoms with van der Waals surface area (Å²) in [5.41, 5.74) is 0.290. The minimum atomic E-state index is 0.194. The molecule has 1 rings (SSSR count). The molecule has 2 heteroatoms. The van der Waals surface area contributed by atoms with Crippen molar-refractivity contribution in [1.29, 1.82) is 0 Å². The molecule has 0 atom stereocenters. The first kappa shape index (κ1) is 9.56. The van der Waals surface area contributed by atoms with Crippen LogP contribution >= 0.6 is 0 Å². The largest absolute Gasteiger partial charge is 0.359 e. The van der Waals surface area contributed by atoms with Crippen LogP contribution in [0.5, 0.6) is 0 Å². The van der Waals surface area contributed by atoms with Gasteiger partial charge in [-0.25, -0.2) is 0 Å². The van der Waals surface area contributed by atoms with E-state index in [1.54, 1.807) is 7.05 Å². The van der Waals surface area contributed by atoms with Gasteiger partial charge < -0.3 is 5.32 Å². The summed E-state index contributed by atoms with van der Waals surface area (Å²) in [5.74, 6) is 0.194. The number of nitrogens with one attached hydrogen (secondary N) is 1. The van der Waals surface area contributed by atoms with E-state index < -0.39 is 0 Å². The van der Waals surface area contributed by atoms with Crippen molar-refractivity contribution in [3.63, 3.8) is 0 Å². The normalized spacial score (nSPS) is 21.8. The molecule has 1 aliphatic rings. The van der Waals surface area contributed by atoms with Crippen molar-refractivity contribution < 1.29 is 4.79 Å². The molecule has 1 amide bonds. The predicted molar refractivity (Wildman–Crippen MR) is 49.9 cm³/mol. The van der Waals surface area contributed by atoms with Gasteiger partial charge in [-0.1, -0.05) is 26.2 Å². The van der Waals surface area contributed by atoms with Crippen LogP contribution in [0.2, 0.25) is 0 Å². The highest BCUT2D eigenvalue weighted by Crippen LogP contribution is 2.38. The molecular formula is C10H19NO. The summed E-state index contributed by atoms with van der Waals surface area (Å²) < 4.78 is 0. The number of hydrogen-bond donors (Lipinski definition) is 1. The SMILES string of the molecule is CNC(=O)CC1(C)CCCCC1. The van der Waals surface area contributed by atoms with E-state index in [1.165, 1.54) is 32.1 Å². The van der Waals surface area contributed by atoms with E-state index in [9.17, 15) is 4.79 Å². The standard InChI is InChI=1S/C10H19NO/c1-10(8-9(12)11-2)6-4-3-5-7-10/h3-8H2,1-2H3,(H,11,12). The third-order valence-electron chi connectivity index (χ3n) is 2.93. The van der Waals surface area contributed by atoms with Gasteiger partial charge in [-0.15, -0.1) is 0 Å². The van der Waals surface area contributed by atoms with Gasteiger partial charge in [0, 0.05) is 13.5 Å². The lowest BCUT2D eigenvalue weighted by molar-refractivity contribution is -0.123. The molecule has 0 aromatic carbocycles. The highest BCUT2D eigenvalue weighted by molar-refractivity contribution is 5.76. The molecule has 70 valence electrons. The second kappa shape index (κ2) is 3.92. The number of amides is 1. The Labute approximate surface area is 74.7 Å². The molecule has 1 fully saturated rings. The summed E-state index contributed by atoms with van der Waals surface area (Å²) in [5, 5.41) is 2.70. The summed E-state index contributed by atoms with van der Waals surface area (Å²) in [6, 6.07) is 0. The Morgan fingerprint density at radius 1 is 1.33 bits per heavy atom. The average molecular weight is 169 g/mol. The quantitative estimate of drug-likeness (QED) is 0.674. The topological polar surface area (TPSA) is 29.1 Å². The highest BCUT2D eigenvalue weighted by atomic mass is 16.1. The molecule has 1 N–H and O–H groups in total. The molecule has 0 spiro atoms. The molecule has 0 heterocycles. The molecule has 0 saturated heterocycles. The molecule has 0 bridgehead atoms. The van der Waals surface area contributed by atoms with Gasteiger partial charge in [0.15, 0.2) is 0 Å². The van der Waals surface area contributed by atoms with Crippen molar-refractivity contribution in [3.8, 4) is 0 Å². The maximum Gasteiger partial charge on any atom is 0.220 e. The van der Waals surface area contributed by atoms with E-state index in [-0.39, 0.29) is 5.91 Å². The van der Waals surface area contributed by atoms with Gasteiger partial charge >= 0.3 is 0 Å². The van der Waals surface area contributed by atoms with Crippen LogP contribution in [0.3, 0.4) is 0 Å². The van der Waals surface area contributed by atoms with Crippen LogP contribution in [-0.4, -0.2) is 13.0 Å². The zero-order valence-electron chi connectivity index (χ0n) is 8.15. The van der Waals surface area contributed by atoms with Crippen molar-refractivity contribution in [3.05, 3.63) is 0 Å². The molecule has 0 aromatic heterocycles. The van der Waals surface area contributed by atoms with E-state index in [2.05, 4.69) is 12.2 Å².